The van der Waals surface area contributed by atoms with Crippen LogP contribution >= 0.6 is 0 Å². The number of rotatable bonds is 5. The Bertz CT molecular complexity index is 1490. The summed E-state index contributed by atoms with van der Waals surface area (Å²) in [4.78, 5) is 22.1. The highest BCUT2D eigenvalue weighted by atomic mass is 19.1. The number of aryl methyl sites for hydroxylation is 1. The molecule has 1 fully saturated rings. The molecule has 0 amide bonds. The molecule has 10 heteroatoms. The summed E-state index contributed by atoms with van der Waals surface area (Å²) < 4.78 is 32.0. The van der Waals surface area contributed by atoms with Crippen LogP contribution in [0.5, 0.6) is 0 Å². The molecule has 5 heterocycles. The van der Waals surface area contributed by atoms with Crippen molar-refractivity contribution < 1.29 is 8.78 Å². The molecule has 0 spiro atoms. The van der Waals surface area contributed by atoms with E-state index in [0.29, 0.717) is 28.5 Å². The largest absolute Gasteiger partial charge is 0.370 e. The number of anilines is 3. The van der Waals surface area contributed by atoms with Crippen LogP contribution in [0.4, 0.5) is 26.2 Å². The van der Waals surface area contributed by atoms with Crippen LogP contribution < -0.4 is 10.2 Å². The van der Waals surface area contributed by atoms with Gasteiger partial charge in [0.25, 0.3) is 0 Å². The molecule has 0 saturated carbocycles. The molecule has 3 aromatic heterocycles. The average Bonchev–Trinajstić information content (AvgIpc) is 3.43. The van der Waals surface area contributed by atoms with E-state index in [1.165, 1.54) is 6.07 Å². The van der Waals surface area contributed by atoms with Gasteiger partial charge in [-0.2, -0.15) is 0 Å². The first-order chi connectivity index (χ1) is 18.2. The molecule has 4 aromatic rings. The van der Waals surface area contributed by atoms with Gasteiger partial charge in [0.2, 0.25) is 5.95 Å². The number of benzene rings is 1. The number of pyridine rings is 1. The summed E-state index contributed by atoms with van der Waals surface area (Å²) in [6.45, 7) is 6.18. The minimum absolute atomic E-state index is 0.0232. The third kappa shape index (κ3) is 4.36. The van der Waals surface area contributed by atoms with Crippen molar-refractivity contribution in [2.24, 2.45) is 0 Å². The molecule has 198 valence electrons. The Kier molecular flexibility index (Phi) is 6.02. The second-order valence-electron chi connectivity index (χ2n) is 11.1. The molecule has 8 nitrogen and oxygen atoms in total. The topological polar surface area (TPSA) is 75.0 Å². The summed E-state index contributed by atoms with van der Waals surface area (Å²) >= 11 is 0. The monoisotopic (exact) mass is 518 g/mol. The standard InChI is InChI=1S/C28H32F2N8/c1-28(2)10-7-24-34-26-20(29)13-17(14-22(26)38(24)28)25-21(30)16-32-27(35-25)33-23-6-5-19(15-31-23)37-11-8-18(9-12-37)36(3)4/h5-6,13-16,18H,7-12H2,1-4H3,(H,31,32,33,35). The summed E-state index contributed by atoms with van der Waals surface area (Å²) in [5.41, 5.74) is 2.19. The minimum Gasteiger partial charge on any atom is -0.370 e. The fourth-order valence-corrected chi connectivity index (χ4v) is 5.73. The highest BCUT2D eigenvalue weighted by Crippen LogP contribution is 2.38. The fraction of sp³-hybridized carbons (Fsp3) is 0.429. The Morgan fingerprint density at radius 3 is 2.50 bits per heavy atom. The lowest BCUT2D eigenvalue weighted by molar-refractivity contribution is 0.249. The molecule has 0 radical (unpaired) electrons. The van der Waals surface area contributed by atoms with Crippen LogP contribution in [-0.2, 0) is 12.0 Å². The van der Waals surface area contributed by atoms with Crippen LogP contribution in [-0.4, -0.2) is 62.6 Å². The van der Waals surface area contributed by atoms with Gasteiger partial charge in [-0.1, -0.05) is 0 Å². The van der Waals surface area contributed by atoms with E-state index in [4.69, 9.17) is 0 Å². The number of nitrogens with zero attached hydrogens (tertiary/aromatic N) is 7. The summed E-state index contributed by atoms with van der Waals surface area (Å²) in [6.07, 6.45) is 6.87. The van der Waals surface area contributed by atoms with Crippen LogP contribution in [0.2, 0.25) is 0 Å². The third-order valence-electron chi connectivity index (χ3n) is 7.91. The van der Waals surface area contributed by atoms with E-state index in [1.54, 1.807) is 6.07 Å². The van der Waals surface area contributed by atoms with Crippen LogP contribution in [0.25, 0.3) is 22.3 Å². The van der Waals surface area contributed by atoms with Crippen molar-refractivity contribution in [3.63, 3.8) is 0 Å². The molecule has 2 aliphatic heterocycles. The number of nitrogens with one attached hydrogen (secondary N) is 1. The van der Waals surface area contributed by atoms with Crippen molar-refractivity contribution in [2.75, 3.05) is 37.4 Å². The molecule has 1 aromatic carbocycles. The van der Waals surface area contributed by atoms with Crippen molar-refractivity contribution in [1.82, 2.24) is 29.4 Å². The Morgan fingerprint density at radius 1 is 1.00 bits per heavy atom. The molecule has 0 bridgehead atoms. The van der Waals surface area contributed by atoms with Crippen molar-refractivity contribution in [3.05, 3.63) is 54.1 Å². The zero-order chi connectivity index (χ0) is 26.6. The lowest BCUT2D eigenvalue weighted by Gasteiger charge is -2.36. The van der Waals surface area contributed by atoms with E-state index < -0.39 is 11.6 Å². The highest BCUT2D eigenvalue weighted by Gasteiger charge is 2.33. The lowest BCUT2D eigenvalue weighted by Crippen LogP contribution is -2.42. The lowest BCUT2D eigenvalue weighted by atomic mass is 10.0. The molecular formula is C28H32F2N8. The van der Waals surface area contributed by atoms with Crippen LogP contribution in [0, 0.1) is 11.6 Å². The van der Waals surface area contributed by atoms with Gasteiger partial charge in [0.15, 0.2) is 11.6 Å². The van der Waals surface area contributed by atoms with E-state index in [9.17, 15) is 4.39 Å². The first kappa shape index (κ1) is 24.7. The maximum absolute atomic E-state index is 15.1. The summed E-state index contributed by atoms with van der Waals surface area (Å²) in [7, 11) is 4.26. The molecule has 6 rings (SSSR count). The molecule has 2 aliphatic rings. The summed E-state index contributed by atoms with van der Waals surface area (Å²) in [5.74, 6) is 0.469. The fourth-order valence-electron chi connectivity index (χ4n) is 5.73. The maximum Gasteiger partial charge on any atom is 0.229 e. The number of imidazole rings is 1. The Balaban J connectivity index is 1.24. The molecule has 38 heavy (non-hydrogen) atoms. The van der Waals surface area contributed by atoms with Gasteiger partial charge in [0.05, 0.1) is 23.6 Å². The number of halogens is 2. The smallest absolute Gasteiger partial charge is 0.229 e. The van der Waals surface area contributed by atoms with Crippen molar-refractivity contribution in [1.29, 1.82) is 0 Å². The van der Waals surface area contributed by atoms with Gasteiger partial charge in [0.1, 0.15) is 22.9 Å². The first-order valence-electron chi connectivity index (χ1n) is 13.1. The molecule has 1 N–H and O–H groups in total. The quantitative estimate of drug-likeness (QED) is 0.393. The van der Waals surface area contributed by atoms with Gasteiger partial charge in [-0.3, -0.25) is 0 Å². The van der Waals surface area contributed by atoms with Crippen LogP contribution in [0.15, 0.2) is 36.7 Å². The Hall–Kier alpha value is -3.66. The molecular weight excluding hydrogens is 486 g/mol. The predicted molar refractivity (Wildman–Crippen MR) is 145 cm³/mol. The van der Waals surface area contributed by atoms with Gasteiger partial charge in [0, 0.05) is 36.7 Å². The minimum atomic E-state index is -0.626. The maximum atomic E-state index is 15.1. The second kappa shape index (κ2) is 9.27. The van der Waals surface area contributed by atoms with Crippen molar-refractivity contribution >= 4 is 28.5 Å². The Morgan fingerprint density at radius 2 is 1.79 bits per heavy atom. The highest BCUT2D eigenvalue weighted by molar-refractivity contribution is 5.83. The number of hydrogen-bond acceptors (Lipinski definition) is 7. The summed E-state index contributed by atoms with van der Waals surface area (Å²) in [5, 5.41) is 3.06. The first-order valence-corrected chi connectivity index (χ1v) is 13.1. The second-order valence-corrected chi connectivity index (χ2v) is 11.1. The van der Waals surface area contributed by atoms with E-state index >= 15 is 4.39 Å². The summed E-state index contributed by atoms with van der Waals surface area (Å²) in [6, 6.07) is 7.55. The Labute approximate surface area is 220 Å². The molecule has 0 atom stereocenters. The van der Waals surface area contributed by atoms with Gasteiger partial charge in [-0.25, -0.2) is 28.7 Å². The number of hydrogen-bond donors (Lipinski definition) is 1. The zero-order valence-corrected chi connectivity index (χ0v) is 22.2. The number of fused-ring (bicyclic) bond motifs is 3. The van der Waals surface area contributed by atoms with Gasteiger partial charge in [-0.15, -0.1) is 0 Å². The molecule has 0 unspecified atom stereocenters. The van der Waals surface area contributed by atoms with Gasteiger partial charge < -0.3 is 19.7 Å². The van der Waals surface area contributed by atoms with E-state index in [1.807, 2.05) is 18.3 Å². The third-order valence-corrected chi connectivity index (χ3v) is 7.91. The number of aromatic nitrogens is 5. The van der Waals surface area contributed by atoms with Crippen LogP contribution in [0.3, 0.4) is 0 Å². The zero-order valence-electron chi connectivity index (χ0n) is 22.2. The van der Waals surface area contributed by atoms with Crippen molar-refractivity contribution in [2.45, 2.75) is 51.1 Å². The van der Waals surface area contributed by atoms with E-state index in [2.05, 4.69) is 67.6 Å². The average molecular weight is 519 g/mol. The van der Waals surface area contributed by atoms with E-state index in [-0.39, 0.29) is 17.2 Å². The van der Waals surface area contributed by atoms with E-state index in [0.717, 1.165) is 56.5 Å². The van der Waals surface area contributed by atoms with Crippen LogP contribution in [0.1, 0.15) is 38.9 Å². The normalized spacial score (nSPS) is 17.4. The predicted octanol–water partition coefficient (Wildman–Crippen LogP) is 5.12. The SMILES string of the molecule is CN(C)C1CCN(c2ccc(Nc3ncc(F)c(-c4cc(F)c5nc6n(c5c4)C(C)(C)CC6)n3)nc2)CC1. The molecule has 1 saturated heterocycles. The number of piperidine rings is 1. The van der Waals surface area contributed by atoms with Gasteiger partial charge >= 0.3 is 0 Å². The van der Waals surface area contributed by atoms with Gasteiger partial charge in [-0.05, 0) is 71.5 Å². The van der Waals surface area contributed by atoms with Crippen molar-refractivity contribution in [3.8, 4) is 11.3 Å². The molecule has 0 aliphatic carbocycles.